The monoisotopic (exact) mass is 283 g/mol. The molecule has 1 atom stereocenters. The van der Waals surface area contributed by atoms with E-state index >= 15 is 0 Å². The molecule has 0 aromatic heterocycles. The maximum absolute atomic E-state index is 12.1. The standard InChI is InChI=1S/C18H21NO2/c1-18(21,15-9-10-15)12-19-17(20)11-14-7-4-6-13-5-2-3-8-16(13)14/h2-8,15,21H,9-12H2,1H3,(H,19,20). The lowest BCUT2D eigenvalue weighted by molar-refractivity contribution is -0.121. The van der Waals surface area contributed by atoms with Gasteiger partial charge in [-0.2, -0.15) is 0 Å². The Bertz CT molecular complexity index is 654. The third-order valence-electron chi connectivity index (χ3n) is 4.33. The van der Waals surface area contributed by atoms with Crippen LogP contribution in [-0.2, 0) is 11.2 Å². The van der Waals surface area contributed by atoms with Gasteiger partial charge in [-0.3, -0.25) is 4.79 Å². The highest BCUT2D eigenvalue weighted by atomic mass is 16.3. The van der Waals surface area contributed by atoms with Crippen LogP contribution < -0.4 is 5.32 Å². The molecule has 1 aliphatic carbocycles. The van der Waals surface area contributed by atoms with E-state index < -0.39 is 5.60 Å². The van der Waals surface area contributed by atoms with Crippen molar-refractivity contribution in [2.24, 2.45) is 5.92 Å². The van der Waals surface area contributed by atoms with Gasteiger partial charge in [0.15, 0.2) is 0 Å². The number of hydrogen-bond donors (Lipinski definition) is 2. The Balaban J connectivity index is 1.66. The average Bonchev–Trinajstić information content (AvgIpc) is 3.31. The van der Waals surface area contributed by atoms with E-state index in [9.17, 15) is 9.90 Å². The first-order valence-corrected chi connectivity index (χ1v) is 7.52. The summed E-state index contributed by atoms with van der Waals surface area (Å²) in [6.45, 7) is 2.14. The minimum Gasteiger partial charge on any atom is -0.388 e. The topological polar surface area (TPSA) is 49.3 Å². The Kier molecular flexibility index (Phi) is 3.68. The molecule has 2 aromatic rings. The minimum absolute atomic E-state index is 0.0349. The molecule has 3 heteroatoms. The molecule has 21 heavy (non-hydrogen) atoms. The van der Waals surface area contributed by atoms with E-state index in [0.29, 0.717) is 18.9 Å². The lowest BCUT2D eigenvalue weighted by Crippen LogP contribution is -2.42. The van der Waals surface area contributed by atoms with E-state index in [4.69, 9.17) is 0 Å². The minimum atomic E-state index is -0.769. The SMILES string of the molecule is CC(O)(CNC(=O)Cc1cccc2ccccc12)C1CC1. The highest BCUT2D eigenvalue weighted by molar-refractivity contribution is 5.90. The molecule has 1 fully saturated rings. The van der Waals surface area contributed by atoms with Gasteiger partial charge in [-0.05, 0) is 42.0 Å². The number of nitrogens with one attached hydrogen (secondary N) is 1. The second-order valence-electron chi connectivity index (χ2n) is 6.22. The molecule has 1 amide bonds. The van der Waals surface area contributed by atoms with E-state index in [2.05, 4.69) is 17.4 Å². The van der Waals surface area contributed by atoms with E-state index in [1.165, 1.54) is 0 Å². The Morgan fingerprint density at radius 1 is 1.24 bits per heavy atom. The maximum Gasteiger partial charge on any atom is 0.224 e. The molecule has 0 aliphatic heterocycles. The number of aliphatic hydroxyl groups is 1. The Labute approximate surface area is 125 Å². The lowest BCUT2D eigenvalue weighted by atomic mass is 10.00. The Morgan fingerprint density at radius 3 is 2.71 bits per heavy atom. The van der Waals surface area contributed by atoms with E-state index in [1.807, 2.05) is 37.3 Å². The molecule has 1 unspecified atom stereocenters. The van der Waals surface area contributed by atoms with Crippen molar-refractivity contribution >= 4 is 16.7 Å². The van der Waals surface area contributed by atoms with Crippen molar-refractivity contribution in [2.45, 2.75) is 31.8 Å². The number of carbonyl (C=O) groups excluding carboxylic acids is 1. The number of fused-ring (bicyclic) bond motifs is 1. The third-order valence-corrected chi connectivity index (χ3v) is 4.33. The zero-order chi connectivity index (χ0) is 14.9. The second kappa shape index (κ2) is 5.49. The summed E-state index contributed by atoms with van der Waals surface area (Å²) >= 11 is 0. The van der Waals surface area contributed by atoms with Gasteiger partial charge in [0.1, 0.15) is 0 Å². The molecule has 0 spiro atoms. The van der Waals surface area contributed by atoms with Crippen LogP contribution in [0.3, 0.4) is 0 Å². The third kappa shape index (κ3) is 3.24. The van der Waals surface area contributed by atoms with Crippen LogP contribution in [0.5, 0.6) is 0 Å². The van der Waals surface area contributed by atoms with Gasteiger partial charge in [0, 0.05) is 6.54 Å². The zero-order valence-corrected chi connectivity index (χ0v) is 12.3. The highest BCUT2D eigenvalue weighted by Gasteiger charge is 2.39. The van der Waals surface area contributed by atoms with Gasteiger partial charge in [-0.1, -0.05) is 42.5 Å². The molecule has 0 bridgehead atoms. The first kappa shape index (κ1) is 14.1. The van der Waals surface area contributed by atoms with Crippen LogP contribution in [0.15, 0.2) is 42.5 Å². The van der Waals surface area contributed by atoms with Gasteiger partial charge in [0.2, 0.25) is 5.91 Å². The Hall–Kier alpha value is -1.87. The summed E-state index contributed by atoms with van der Waals surface area (Å²) in [5, 5.41) is 15.4. The Morgan fingerprint density at radius 2 is 1.95 bits per heavy atom. The van der Waals surface area contributed by atoms with E-state index in [1.54, 1.807) is 0 Å². The lowest BCUT2D eigenvalue weighted by Gasteiger charge is -2.23. The summed E-state index contributed by atoms with van der Waals surface area (Å²) < 4.78 is 0. The number of hydrogen-bond acceptors (Lipinski definition) is 2. The predicted molar refractivity (Wildman–Crippen MR) is 84.0 cm³/mol. The van der Waals surface area contributed by atoms with Crippen LogP contribution >= 0.6 is 0 Å². The first-order valence-electron chi connectivity index (χ1n) is 7.52. The van der Waals surface area contributed by atoms with Crippen molar-refractivity contribution in [3.05, 3.63) is 48.0 Å². The van der Waals surface area contributed by atoms with Crippen LogP contribution in [0.1, 0.15) is 25.3 Å². The van der Waals surface area contributed by atoms with Gasteiger partial charge in [0.05, 0.1) is 12.0 Å². The molecular formula is C18H21NO2. The number of rotatable bonds is 5. The van der Waals surface area contributed by atoms with E-state index in [-0.39, 0.29) is 5.91 Å². The van der Waals surface area contributed by atoms with Crippen LogP contribution in [0.25, 0.3) is 10.8 Å². The van der Waals surface area contributed by atoms with Gasteiger partial charge in [-0.25, -0.2) is 0 Å². The van der Waals surface area contributed by atoms with Gasteiger partial charge >= 0.3 is 0 Å². The molecule has 1 aliphatic rings. The van der Waals surface area contributed by atoms with Crippen LogP contribution in [-0.4, -0.2) is 23.2 Å². The predicted octanol–water partition coefficient (Wildman–Crippen LogP) is 2.66. The highest BCUT2D eigenvalue weighted by Crippen LogP contribution is 2.39. The number of amides is 1. The second-order valence-corrected chi connectivity index (χ2v) is 6.22. The average molecular weight is 283 g/mol. The van der Waals surface area contributed by atoms with Gasteiger partial charge in [0.25, 0.3) is 0 Å². The van der Waals surface area contributed by atoms with Gasteiger partial charge < -0.3 is 10.4 Å². The quantitative estimate of drug-likeness (QED) is 0.886. The smallest absolute Gasteiger partial charge is 0.224 e. The molecule has 2 N–H and O–H groups in total. The van der Waals surface area contributed by atoms with Crippen LogP contribution in [0.2, 0.25) is 0 Å². The summed E-state index contributed by atoms with van der Waals surface area (Å²) in [7, 11) is 0. The van der Waals surface area contributed by atoms with Crippen molar-refractivity contribution in [3.63, 3.8) is 0 Å². The molecular weight excluding hydrogens is 262 g/mol. The number of benzene rings is 2. The van der Waals surface area contributed by atoms with Crippen molar-refractivity contribution in [1.82, 2.24) is 5.32 Å². The zero-order valence-electron chi connectivity index (χ0n) is 12.3. The van der Waals surface area contributed by atoms with E-state index in [0.717, 1.165) is 29.2 Å². The first-order chi connectivity index (χ1) is 10.1. The summed E-state index contributed by atoms with van der Waals surface area (Å²) in [4.78, 5) is 12.1. The van der Waals surface area contributed by atoms with Crippen molar-refractivity contribution < 1.29 is 9.90 Å². The molecule has 3 nitrogen and oxygen atoms in total. The summed E-state index contributed by atoms with van der Waals surface area (Å²) in [5.74, 6) is 0.308. The van der Waals surface area contributed by atoms with Crippen molar-refractivity contribution in [1.29, 1.82) is 0 Å². The van der Waals surface area contributed by atoms with Gasteiger partial charge in [-0.15, -0.1) is 0 Å². The molecule has 2 aromatic carbocycles. The fourth-order valence-electron chi connectivity index (χ4n) is 2.81. The number of carbonyl (C=O) groups is 1. The molecule has 110 valence electrons. The maximum atomic E-state index is 12.1. The largest absolute Gasteiger partial charge is 0.388 e. The van der Waals surface area contributed by atoms with Crippen molar-refractivity contribution in [3.8, 4) is 0 Å². The fourth-order valence-corrected chi connectivity index (χ4v) is 2.81. The molecule has 0 heterocycles. The molecule has 3 rings (SSSR count). The summed E-state index contributed by atoms with van der Waals surface area (Å²) in [6, 6.07) is 14.1. The van der Waals surface area contributed by atoms with Crippen molar-refractivity contribution in [2.75, 3.05) is 6.54 Å². The molecule has 0 radical (unpaired) electrons. The summed E-state index contributed by atoms with van der Waals surface area (Å²) in [5.41, 5.74) is 0.255. The normalized spacial score (nSPS) is 17.4. The molecule has 0 saturated heterocycles. The van der Waals surface area contributed by atoms with Crippen LogP contribution in [0, 0.1) is 5.92 Å². The fraction of sp³-hybridized carbons (Fsp3) is 0.389. The van der Waals surface area contributed by atoms with Crippen LogP contribution in [0.4, 0.5) is 0 Å². The summed E-state index contributed by atoms with van der Waals surface area (Å²) in [6.07, 6.45) is 2.47. The molecule has 1 saturated carbocycles.